The van der Waals surface area contributed by atoms with Gasteiger partial charge in [0.2, 0.25) is 5.91 Å². The van der Waals surface area contributed by atoms with Crippen LogP contribution >= 0.6 is 12.2 Å². The Balaban J connectivity index is 3.18. The Labute approximate surface area is 52.6 Å². The third kappa shape index (κ3) is 5.27. The second kappa shape index (κ2) is 4.43. The molecule has 8 heavy (non-hydrogen) atoms. The molecule has 44 valence electrons. The molecule has 0 bridgehead atoms. The van der Waals surface area contributed by atoms with E-state index in [1.54, 1.807) is 0 Å². The zero-order valence-corrected chi connectivity index (χ0v) is 5.07. The van der Waals surface area contributed by atoms with Crippen LogP contribution in [0, 0.1) is 0 Å². The molecule has 1 amide bonds. The molecule has 0 heterocycles. The molecule has 0 radical (unpaired) electrons. The van der Waals surface area contributed by atoms with E-state index >= 15 is 0 Å². The summed E-state index contributed by atoms with van der Waals surface area (Å²) >= 11 is 4.24. The summed E-state index contributed by atoms with van der Waals surface area (Å²) in [5.41, 5.74) is 4.77. The molecule has 2 N–H and O–H groups in total. The van der Waals surface area contributed by atoms with Crippen molar-refractivity contribution in [1.82, 2.24) is 0 Å². The fourth-order valence-electron chi connectivity index (χ4n) is 0.212. The van der Waals surface area contributed by atoms with Gasteiger partial charge in [0.15, 0.2) is 0 Å². The van der Waals surface area contributed by atoms with Crippen LogP contribution in [0.1, 0.15) is 6.42 Å². The molecule has 0 spiro atoms. The minimum atomic E-state index is -0.362. The van der Waals surface area contributed by atoms with Crippen LogP contribution in [0.4, 0.5) is 0 Å². The minimum absolute atomic E-state index is 0.254. The van der Waals surface area contributed by atoms with Crippen LogP contribution in [-0.2, 0) is 4.79 Å². The maximum atomic E-state index is 9.97. The van der Waals surface area contributed by atoms with Gasteiger partial charge in [0.05, 0.1) is 11.7 Å². The number of nitrogens with zero attached hydrogens (tertiary/aromatic N) is 1. The number of carbonyl (C=O) groups is 1. The van der Waals surface area contributed by atoms with E-state index in [0.29, 0.717) is 6.54 Å². The number of hydrogen-bond acceptors (Lipinski definition) is 3. The van der Waals surface area contributed by atoms with E-state index in [0.717, 1.165) is 0 Å². The van der Waals surface area contributed by atoms with Crippen LogP contribution < -0.4 is 5.73 Å². The van der Waals surface area contributed by atoms with Gasteiger partial charge in [0.1, 0.15) is 0 Å². The van der Waals surface area contributed by atoms with Crippen LogP contribution in [0.3, 0.4) is 0 Å². The van der Waals surface area contributed by atoms with Gasteiger partial charge in [-0.05, 0) is 12.2 Å². The van der Waals surface area contributed by atoms with Gasteiger partial charge in [-0.2, -0.15) is 0 Å². The summed E-state index contributed by atoms with van der Waals surface area (Å²) in [6.45, 7) is 0.360. The molecule has 3 nitrogen and oxygen atoms in total. The summed E-state index contributed by atoms with van der Waals surface area (Å²) in [5.74, 6) is -0.362. The van der Waals surface area contributed by atoms with Gasteiger partial charge in [0, 0.05) is 6.42 Å². The molecular weight excluding hydrogens is 124 g/mol. The maximum absolute atomic E-state index is 9.97. The maximum Gasteiger partial charge on any atom is 0.219 e. The molecule has 0 aromatic heterocycles. The first-order valence-corrected chi connectivity index (χ1v) is 2.50. The minimum Gasteiger partial charge on any atom is -0.370 e. The molecule has 0 aliphatic rings. The standard InChI is InChI=1S/C4H6N2OS/c5-4(7)1-2-6-3-8/h1-2H2,(H2,5,7). The second-order valence-corrected chi connectivity index (χ2v) is 1.37. The lowest BCUT2D eigenvalue weighted by Crippen LogP contribution is -2.10. The van der Waals surface area contributed by atoms with Crippen molar-refractivity contribution in [2.45, 2.75) is 6.42 Å². The van der Waals surface area contributed by atoms with Crippen molar-refractivity contribution < 1.29 is 4.79 Å². The topological polar surface area (TPSA) is 55.5 Å². The number of rotatable bonds is 3. The molecule has 0 fully saturated rings. The third-order valence-electron chi connectivity index (χ3n) is 0.535. The predicted octanol–water partition coefficient (Wildman–Crippen LogP) is -0.0354. The highest BCUT2D eigenvalue weighted by atomic mass is 32.1. The van der Waals surface area contributed by atoms with Crippen molar-refractivity contribution in [2.24, 2.45) is 10.7 Å². The quantitative estimate of drug-likeness (QED) is 0.430. The molecule has 0 aromatic rings. The number of isothiocyanates is 1. The highest BCUT2D eigenvalue weighted by molar-refractivity contribution is 7.78. The normalized spacial score (nSPS) is 7.50. The number of hydrogen-bond donors (Lipinski definition) is 1. The first-order valence-electron chi connectivity index (χ1n) is 2.09. The van der Waals surface area contributed by atoms with Crippen LogP contribution in [0.15, 0.2) is 4.99 Å². The van der Waals surface area contributed by atoms with Gasteiger partial charge >= 0.3 is 0 Å². The van der Waals surface area contributed by atoms with E-state index in [1.807, 2.05) is 0 Å². The summed E-state index contributed by atoms with van der Waals surface area (Å²) in [4.78, 5) is 13.5. The number of amides is 1. The summed E-state index contributed by atoms with van der Waals surface area (Å²) < 4.78 is 0. The molecule has 0 saturated heterocycles. The summed E-state index contributed by atoms with van der Waals surface area (Å²) in [7, 11) is 0. The molecule has 0 atom stereocenters. The Morgan fingerprint density at radius 3 is 2.88 bits per heavy atom. The first-order chi connectivity index (χ1) is 3.77. The Morgan fingerprint density at radius 2 is 2.50 bits per heavy atom. The van der Waals surface area contributed by atoms with E-state index < -0.39 is 0 Å². The van der Waals surface area contributed by atoms with Crippen molar-refractivity contribution in [3.63, 3.8) is 0 Å². The predicted molar refractivity (Wildman–Crippen MR) is 33.7 cm³/mol. The third-order valence-corrected chi connectivity index (χ3v) is 0.664. The van der Waals surface area contributed by atoms with Crippen molar-refractivity contribution in [1.29, 1.82) is 0 Å². The number of primary amides is 1. The Kier molecular flexibility index (Phi) is 4.03. The van der Waals surface area contributed by atoms with Gasteiger partial charge in [0.25, 0.3) is 0 Å². The fraction of sp³-hybridized carbons (Fsp3) is 0.500. The van der Waals surface area contributed by atoms with E-state index in [4.69, 9.17) is 5.73 Å². The van der Waals surface area contributed by atoms with Gasteiger partial charge in [-0.1, -0.05) is 0 Å². The second-order valence-electron chi connectivity index (χ2n) is 1.19. The monoisotopic (exact) mass is 130 g/mol. The highest BCUT2D eigenvalue weighted by Crippen LogP contribution is 1.74. The molecule has 0 unspecified atom stereocenters. The SMILES string of the molecule is NC(=O)CCN=C=S. The Morgan fingerprint density at radius 1 is 1.88 bits per heavy atom. The average molecular weight is 130 g/mol. The number of thiocarbonyl (C=S) groups is 1. The Bertz CT molecular complexity index is 126. The first kappa shape index (κ1) is 7.27. The van der Waals surface area contributed by atoms with Crippen molar-refractivity contribution in [3.05, 3.63) is 0 Å². The van der Waals surface area contributed by atoms with Gasteiger partial charge < -0.3 is 5.73 Å². The number of nitrogens with two attached hydrogens (primary N) is 1. The molecule has 0 rings (SSSR count). The smallest absolute Gasteiger partial charge is 0.219 e. The van der Waals surface area contributed by atoms with Crippen LogP contribution in [-0.4, -0.2) is 17.6 Å². The van der Waals surface area contributed by atoms with Crippen molar-refractivity contribution in [2.75, 3.05) is 6.54 Å². The van der Waals surface area contributed by atoms with E-state index in [-0.39, 0.29) is 12.3 Å². The van der Waals surface area contributed by atoms with E-state index in [9.17, 15) is 4.79 Å². The summed E-state index contributed by atoms with van der Waals surface area (Å²) in [5, 5.41) is 2.12. The largest absolute Gasteiger partial charge is 0.370 e. The van der Waals surface area contributed by atoms with E-state index in [2.05, 4.69) is 22.4 Å². The van der Waals surface area contributed by atoms with Gasteiger partial charge in [-0.3, -0.25) is 4.79 Å². The van der Waals surface area contributed by atoms with Crippen LogP contribution in [0.25, 0.3) is 0 Å². The summed E-state index contributed by atoms with van der Waals surface area (Å²) in [6, 6.07) is 0. The number of carbonyl (C=O) groups excluding carboxylic acids is 1. The summed E-state index contributed by atoms with van der Waals surface area (Å²) in [6.07, 6.45) is 0.254. The van der Waals surface area contributed by atoms with Crippen LogP contribution in [0.5, 0.6) is 0 Å². The molecule has 0 aromatic carbocycles. The lowest BCUT2D eigenvalue weighted by atomic mass is 10.4. The zero-order chi connectivity index (χ0) is 6.41. The molecule has 4 heteroatoms. The van der Waals surface area contributed by atoms with Crippen molar-refractivity contribution in [3.8, 4) is 0 Å². The number of aliphatic imine (C=N–C) groups is 1. The molecule has 0 aliphatic heterocycles. The lowest BCUT2D eigenvalue weighted by molar-refractivity contribution is -0.117. The molecular formula is C4H6N2OS. The lowest BCUT2D eigenvalue weighted by Gasteiger charge is -1.82. The average Bonchev–Trinajstić information content (AvgIpc) is 1.66. The highest BCUT2D eigenvalue weighted by Gasteiger charge is 1.87. The van der Waals surface area contributed by atoms with E-state index in [1.165, 1.54) is 0 Å². The van der Waals surface area contributed by atoms with Gasteiger partial charge in [-0.15, -0.1) is 0 Å². The van der Waals surface area contributed by atoms with Crippen molar-refractivity contribution >= 4 is 23.3 Å². The van der Waals surface area contributed by atoms with Crippen LogP contribution in [0.2, 0.25) is 0 Å². The fourth-order valence-corrected chi connectivity index (χ4v) is 0.303. The molecule has 0 saturated carbocycles. The molecule has 0 aliphatic carbocycles. The zero-order valence-electron chi connectivity index (χ0n) is 4.26. The van der Waals surface area contributed by atoms with Gasteiger partial charge in [-0.25, -0.2) is 4.99 Å². The Hall–Kier alpha value is -0.730.